The molecule has 0 aromatic carbocycles. The molecule has 9 nitrogen and oxygen atoms in total. The van der Waals surface area contributed by atoms with Crippen molar-refractivity contribution in [2.45, 2.75) is 38.4 Å². The summed E-state index contributed by atoms with van der Waals surface area (Å²) in [7, 11) is 1.27. The van der Waals surface area contributed by atoms with Gasteiger partial charge in [-0.1, -0.05) is 5.16 Å². The highest BCUT2D eigenvalue weighted by Gasteiger charge is 2.35. The van der Waals surface area contributed by atoms with Crippen molar-refractivity contribution in [2.75, 3.05) is 18.0 Å². The summed E-state index contributed by atoms with van der Waals surface area (Å²) in [4.78, 5) is 23.4. The number of anilines is 1. The van der Waals surface area contributed by atoms with E-state index in [1.54, 1.807) is 19.2 Å². The number of rotatable bonds is 5. The van der Waals surface area contributed by atoms with E-state index in [1.807, 2.05) is 6.07 Å². The zero-order valence-electron chi connectivity index (χ0n) is 17.6. The number of pyridine rings is 1. The third-order valence-electron chi connectivity index (χ3n) is 5.25. The first kappa shape index (κ1) is 21.8. The maximum absolute atomic E-state index is 12.8. The Balaban J connectivity index is 1.47. The van der Waals surface area contributed by atoms with Crippen LogP contribution in [0.3, 0.4) is 0 Å². The van der Waals surface area contributed by atoms with Crippen molar-refractivity contribution in [1.82, 2.24) is 30.2 Å². The lowest BCUT2D eigenvalue weighted by atomic mass is 10.1. The zero-order valence-corrected chi connectivity index (χ0v) is 17.6. The minimum Gasteiger partial charge on any atom is -0.357 e. The van der Waals surface area contributed by atoms with Gasteiger partial charge in [0.2, 0.25) is 11.7 Å². The standard InChI is InChI=1S/C20H22F3N7O2/c1-12(25-18(31)14-11-15(20(21,22)23)27-29(14)2)19-26-17(28-32-19)13-6-7-24-16(10-13)30-8-4-3-5-9-30/h6-7,10-12H,3-5,8-9H2,1-2H3,(H,25,31)/t12-/m1/s1. The minimum absolute atomic E-state index is 0.128. The number of halogens is 3. The molecule has 4 heterocycles. The van der Waals surface area contributed by atoms with E-state index >= 15 is 0 Å². The fourth-order valence-electron chi connectivity index (χ4n) is 3.53. The van der Waals surface area contributed by atoms with E-state index in [0.29, 0.717) is 11.9 Å². The van der Waals surface area contributed by atoms with Gasteiger partial charge in [0.15, 0.2) is 5.69 Å². The number of aryl methyl sites for hydroxylation is 1. The fraction of sp³-hybridized carbons (Fsp3) is 0.450. The van der Waals surface area contributed by atoms with Gasteiger partial charge in [0, 0.05) is 38.0 Å². The minimum atomic E-state index is -4.64. The van der Waals surface area contributed by atoms with Gasteiger partial charge < -0.3 is 14.7 Å². The molecule has 32 heavy (non-hydrogen) atoms. The van der Waals surface area contributed by atoms with Crippen LogP contribution in [0.4, 0.5) is 19.0 Å². The smallest absolute Gasteiger partial charge is 0.357 e. The first-order chi connectivity index (χ1) is 15.2. The third-order valence-corrected chi connectivity index (χ3v) is 5.25. The first-order valence-corrected chi connectivity index (χ1v) is 10.2. The lowest BCUT2D eigenvalue weighted by Crippen LogP contribution is -2.30. The molecule has 3 aromatic heterocycles. The molecule has 0 radical (unpaired) electrons. The largest absolute Gasteiger partial charge is 0.435 e. The predicted molar refractivity (Wildman–Crippen MR) is 108 cm³/mol. The topological polar surface area (TPSA) is 102 Å². The second-order valence-corrected chi connectivity index (χ2v) is 7.64. The number of hydrogen-bond donors (Lipinski definition) is 1. The second-order valence-electron chi connectivity index (χ2n) is 7.64. The van der Waals surface area contributed by atoms with E-state index in [4.69, 9.17) is 4.52 Å². The predicted octanol–water partition coefficient (Wildman–Crippen LogP) is 3.37. The highest BCUT2D eigenvalue weighted by molar-refractivity contribution is 5.92. The Morgan fingerprint density at radius 2 is 1.97 bits per heavy atom. The Labute approximate surface area is 181 Å². The van der Waals surface area contributed by atoms with E-state index in [2.05, 4.69) is 30.4 Å². The van der Waals surface area contributed by atoms with Gasteiger partial charge in [0.1, 0.15) is 17.6 Å². The maximum Gasteiger partial charge on any atom is 0.435 e. The molecule has 0 saturated carbocycles. The van der Waals surface area contributed by atoms with Crippen LogP contribution in [0.5, 0.6) is 0 Å². The molecule has 0 spiro atoms. The highest BCUT2D eigenvalue weighted by atomic mass is 19.4. The van der Waals surface area contributed by atoms with Crippen LogP contribution in [0, 0.1) is 0 Å². The summed E-state index contributed by atoms with van der Waals surface area (Å²) in [5.41, 5.74) is -0.653. The van der Waals surface area contributed by atoms with Gasteiger partial charge >= 0.3 is 6.18 Å². The molecule has 1 N–H and O–H groups in total. The van der Waals surface area contributed by atoms with Gasteiger partial charge in [-0.15, -0.1) is 0 Å². The molecule has 0 aliphatic carbocycles. The molecule has 3 aromatic rings. The molecule has 1 saturated heterocycles. The molecule has 0 bridgehead atoms. The SMILES string of the molecule is C[C@@H](NC(=O)c1cc(C(F)(F)F)nn1C)c1nc(-c2ccnc(N3CCCCC3)c2)no1. The van der Waals surface area contributed by atoms with Crippen LogP contribution in [-0.4, -0.2) is 43.9 Å². The molecule has 0 unspecified atom stereocenters. The molecular weight excluding hydrogens is 427 g/mol. The number of carbonyl (C=O) groups is 1. The van der Waals surface area contributed by atoms with Gasteiger partial charge in [0.05, 0.1) is 0 Å². The van der Waals surface area contributed by atoms with Crippen molar-refractivity contribution in [1.29, 1.82) is 0 Å². The van der Waals surface area contributed by atoms with Crippen LogP contribution < -0.4 is 10.2 Å². The Morgan fingerprint density at radius 3 is 2.66 bits per heavy atom. The van der Waals surface area contributed by atoms with Crippen LogP contribution >= 0.6 is 0 Å². The van der Waals surface area contributed by atoms with Gasteiger partial charge in [-0.25, -0.2) is 4.98 Å². The lowest BCUT2D eigenvalue weighted by Gasteiger charge is -2.27. The molecule has 4 rings (SSSR count). The number of hydrogen-bond acceptors (Lipinski definition) is 7. The van der Waals surface area contributed by atoms with E-state index in [0.717, 1.165) is 42.0 Å². The monoisotopic (exact) mass is 449 g/mol. The summed E-state index contributed by atoms with van der Waals surface area (Å²) < 4.78 is 44.7. The fourth-order valence-corrected chi connectivity index (χ4v) is 3.53. The first-order valence-electron chi connectivity index (χ1n) is 10.2. The van der Waals surface area contributed by atoms with Crippen molar-refractivity contribution in [3.8, 4) is 11.4 Å². The summed E-state index contributed by atoms with van der Waals surface area (Å²) in [5, 5.41) is 9.88. The number of nitrogens with one attached hydrogen (secondary N) is 1. The molecular formula is C20H22F3N7O2. The van der Waals surface area contributed by atoms with Crippen LogP contribution in [0.2, 0.25) is 0 Å². The molecule has 12 heteroatoms. The van der Waals surface area contributed by atoms with Gasteiger partial charge in [0.25, 0.3) is 5.91 Å². The average Bonchev–Trinajstić information content (AvgIpc) is 3.42. The summed E-state index contributed by atoms with van der Waals surface area (Å²) >= 11 is 0. The lowest BCUT2D eigenvalue weighted by molar-refractivity contribution is -0.141. The van der Waals surface area contributed by atoms with Gasteiger partial charge in [-0.3, -0.25) is 9.48 Å². The van der Waals surface area contributed by atoms with E-state index < -0.39 is 23.8 Å². The molecule has 1 atom stereocenters. The summed E-state index contributed by atoms with van der Waals surface area (Å²) in [6.45, 7) is 3.49. The number of piperidine rings is 1. The Bertz CT molecular complexity index is 1100. The second kappa shape index (κ2) is 8.60. The van der Waals surface area contributed by atoms with E-state index in [9.17, 15) is 18.0 Å². The quantitative estimate of drug-likeness (QED) is 0.637. The van der Waals surface area contributed by atoms with Crippen molar-refractivity contribution in [2.24, 2.45) is 7.05 Å². The van der Waals surface area contributed by atoms with Crippen LogP contribution in [-0.2, 0) is 13.2 Å². The Morgan fingerprint density at radius 1 is 1.22 bits per heavy atom. The number of aromatic nitrogens is 5. The number of carbonyl (C=O) groups excluding carboxylic acids is 1. The van der Waals surface area contributed by atoms with Gasteiger partial charge in [-0.2, -0.15) is 23.3 Å². The average molecular weight is 449 g/mol. The Hall–Kier alpha value is -3.44. The summed E-state index contributed by atoms with van der Waals surface area (Å²) in [5.74, 6) is 0.565. The molecule has 170 valence electrons. The number of nitrogens with zero attached hydrogens (tertiary/aromatic N) is 6. The highest BCUT2D eigenvalue weighted by Crippen LogP contribution is 2.28. The van der Waals surface area contributed by atoms with Crippen LogP contribution in [0.15, 0.2) is 28.9 Å². The zero-order chi connectivity index (χ0) is 22.9. The number of alkyl halides is 3. The summed E-state index contributed by atoms with van der Waals surface area (Å²) in [6, 6.07) is 3.62. The van der Waals surface area contributed by atoms with E-state index in [1.165, 1.54) is 13.5 Å². The molecule has 1 aliphatic heterocycles. The van der Waals surface area contributed by atoms with E-state index in [-0.39, 0.29) is 11.6 Å². The maximum atomic E-state index is 12.8. The van der Waals surface area contributed by atoms with Crippen LogP contribution in [0.1, 0.15) is 54.3 Å². The van der Waals surface area contributed by atoms with Crippen molar-refractivity contribution >= 4 is 11.7 Å². The third kappa shape index (κ3) is 4.58. The Kier molecular flexibility index (Phi) is 5.85. The molecule has 1 fully saturated rings. The van der Waals surface area contributed by atoms with Gasteiger partial charge in [-0.05, 0) is 38.3 Å². The van der Waals surface area contributed by atoms with Crippen LogP contribution in [0.25, 0.3) is 11.4 Å². The normalized spacial score (nSPS) is 15.6. The summed E-state index contributed by atoms with van der Waals surface area (Å²) in [6.07, 6.45) is 0.500. The molecule has 1 amide bonds. The number of amides is 1. The van der Waals surface area contributed by atoms with Crippen molar-refractivity contribution in [3.05, 3.63) is 41.7 Å². The molecule has 1 aliphatic rings. The van der Waals surface area contributed by atoms with Crippen molar-refractivity contribution in [3.63, 3.8) is 0 Å². The van der Waals surface area contributed by atoms with Crippen molar-refractivity contribution < 1.29 is 22.5 Å².